The Bertz CT molecular complexity index is 356. The van der Waals surface area contributed by atoms with Crippen molar-refractivity contribution in [2.45, 2.75) is 45.3 Å². The summed E-state index contributed by atoms with van der Waals surface area (Å²) in [4.78, 5) is 26.9. The van der Waals surface area contributed by atoms with Gasteiger partial charge in [-0.05, 0) is 32.6 Å². The van der Waals surface area contributed by atoms with Crippen LogP contribution in [0.5, 0.6) is 0 Å². The van der Waals surface area contributed by atoms with E-state index in [4.69, 9.17) is 9.84 Å². The number of rotatable bonds is 2. The molecule has 2 fully saturated rings. The minimum Gasteiger partial charge on any atom is -0.481 e. The number of hydrogen-bond acceptors (Lipinski definition) is 3. The molecule has 0 spiro atoms. The Hall–Kier alpha value is -1.30. The van der Waals surface area contributed by atoms with Gasteiger partial charge in [-0.1, -0.05) is 0 Å². The summed E-state index contributed by atoms with van der Waals surface area (Å²) in [5.41, 5.74) is 0. The second-order valence-corrected chi connectivity index (χ2v) is 5.97. The molecule has 0 radical (unpaired) electrons. The van der Waals surface area contributed by atoms with Crippen molar-refractivity contribution < 1.29 is 19.4 Å². The molecular weight excluding hydrogens is 260 g/mol. The Morgan fingerprint density at radius 1 is 1.10 bits per heavy atom. The van der Waals surface area contributed by atoms with Crippen molar-refractivity contribution in [3.05, 3.63) is 0 Å². The summed E-state index contributed by atoms with van der Waals surface area (Å²) in [7, 11) is 0. The van der Waals surface area contributed by atoms with Crippen molar-refractivity contribution in [3.63, 3.8) is 0 Å². The third kappa shape index (κ3) is 3.85. The summed E-state index contributed by atoms with van der Waals surface area (Å²) in [6, 6.07) is 0.0702. The highest BCUT2D eigenvalue weighted by Gasteiger charge is 2.31. The van der Waals surface area contributed by atoms with Crippen LogP contribution in [0.4, 0.5) is 4.79 Å². The Kier molecular flexibility index (Phi) is 4.86. The largest absolute Gasteiger partial charge is 0.481 e. The van der Waals surface area contributed by atoms with E-state index in [9.17, 15) is 9.59 Å². The van der Waals surface area contributed by atoms with Crippen LogP contribution in [0.2, 0.25) is 0 Å². The molecule has 6 heteroatoms. The number of hydrogen-bond donors (Lipinski definition) is 1. The van der Waals surface area contributed by atoms with Crippen molar-refractivity contribution in [2.75, 3.05) is 26.2 Å². The smallest absolute Gasteiger partial charge is 0.320 e. The number of carbonyl (C=O) groups excluding carboxylic acids is 1. The van der Waals surface area contributed by atoms with E-state index in [2.05, 4.69) is 0 Å². The third-order valence-corrected chi connectivity index (χ3v) is 4.04. The highest BCUT2D eigenvalue weighted by molar-refractivity contribution is 5.74. The zero-order valence-electron chi connectivity index (χ0n) is 12.2. The van der Waals surface area contributed by atoms with Gasteiger partial charge in [-0.15, -0.1) is 0 Å². The fourth-order valence-corrected chi connectivity index (χ4v) is 3.11. The number of ether oxygens (including phenoxy) is 1. The predicted molar refractivity (Wildman–Crippen MR) is 73.5 cm³/mol. The van der Waals surface area contributed by atoms with Crippen molar-refractivity contribution in [1.29, 1.82) is 0 Å². The molecule has 2 rings (SSSR count). The number of carboxylic acids is 1. The minimum absolute atomic E-state index is 0.0702. The molecule has 0 saturated carbocycles. The topological polar surface area (TPSA) is 70.1 Å². The van der Waals surface area contributed by atoms with Gasteiger partial charge in [0.25, 0.3) is 0 Å². The predicted octanol–water partition coefficient (Wildman–Crippen LogP) is 1.40. The van der Waals surface area contributed by atoms with Crippen LogP contribution in [-0.4, -0.2) is 65.3 Å². The first-order valence-electron chi connectivity index (χ1n) is 7.36. The van der Waals surface area contributed by atoms with Crippen LogP contribution in [0, 0.1) is 5.92 Å². The quantitative estimate of drug-likeness (QED) is 0.832. The number of morpholine rings is 1. The first-order chi connectivity index (χ1) is 9.45. The van der Waals surface area contributed by atoms with E-state index in [-0.39, 0.29) is 30.6 Å². The van der Waals surface area contributed by atoms with Gasteiger partial charge in [0.05, 0.1) is 12.2 Å². The fourth-order valence-electron chi connectivity index (χ4n) is 3.11. The lowest BCUT2D eigenvalue weighted by Gasteiger charge is -2.40. The second-order valence-electron chi connectivity index (χ2n) is 5.97. The second kappa shape index (κ2) is 6.43. The van der Waals surface area contributed by atoms with Crippen LogP contribution in [0.3, 0.4) is 0 Å². The van der Waals surface area contributed by atoms with Crippen LogP contribution < -0.4 is 0 Å². The number of carbonyl (C=O) groups is 2. The van der Waals surface area contributed by atoms with E-state index in [0.29, 0.717) is 26.2 Å². The molecule has 2 atom stereocenters. The maximum Gasteiger partial charge on any atom is 0.320 e. The first-order valence-corrected chi connectivity index (χ1v) is 7.36. The van der Waals surface area contributed by atoms with E-state index in [0.717, 1.165) is 12.8 Å². The molecule has 2 unspecified atom stereocenters. The van der Waals surface area contributed by atoms with Crippen LogP contribution >= 0.6 is 0 Å². The number of piperidine rings is 1. The minimum atomic E-state index is -0.745. The lowest BCUT2D eigenvalue weighted by molar-refractivity contribution is -0.138. The van der Waals surface area contributed by atoms with E-state index in [1.807, 2.05) is 23.6 Å². The van der Waals surface area contributed by atoms with E-state index in [1.165, 1.54) is 0 Å². The average Bonchev–Trinajstić information content (AvgIpc) is 2.37. The number of urea groups is 1. The van der Waals surface area contributed by atoms with Gasteiger partial charge in [0.15, 0.2) is 0 Å². The molecule has 6 nitrogen and oxygen atoms in total. The molecule has 0 aliphatic carbocycles. The van der Waals surface area contributed by atoms with Crippen LogP contribution in [-0.2, 0) is 9.53 Å². The molecule has 2 saturated heterocycles. The molecule has 0 aromatic carbocycles. The molecule has 114 valence electrons. The molecule has 20 heavy (non-hydrogen) atoms. The van der Waals surface area contributed by atoms with Gasteiger partial charge < -0.3 is 19.6 Å². The summed E-state index contributed by atoms with van der Waals surface area (Å²) < 4.78 is 5.64. The molecule has 0 aromatic heterocycles. The van der Waals surface area contributed by atoms with Crippen LogP contribution in [0.1, 0.15) is 33.1 Å². The average molecular weight is 284 g/mol. The number of amides is 2. The van der Waals surface area contributed by atoms with E-state index < -0.39 is 5.97 Å². The van der Waals surface area contributed by atoms with E-state index in [1.54, 1.807) is 0 Å². The van der Waals surface area contributed by atoms with Crippen molar-refractivity contribution >= 4 is 12.0 Å². The number of carboxylic acid groups (broad SMARTS) is 1. The molecule has 2 aliphatic rings. The lowest BCUT2D eigenvalue weighted by Crippen LogP contribution is -2.54. The molecular formula is C14H24N2O4. The molecule has 2 heterocycles. The summed E-state index contributed by atoms with van der Waals surface area (Å²) >= 11 is 0. The fraction of sp³-hybridized carbons (Fsp3) is 0.857. The number of aliphatic carboxylic acids is 1. The zero-order chi connectivity index (χ0) is 14.7. The Morgan fingerprint density at radius 2 is 1.65 bits per heavy atom. The number of nitrogens with zero attached hydrogens (tertiary/aromatic N) is 2. The summed E-state index contributed by atoms with van der Waals surface area (Å²) in [6.45, 7) is 6.56. The maximum atomic E-state index is 12.5. The Morgan fingerprint density at radius 3 is 2.15 bits per heavy atom. The molecule has 0 aromatic rings. The zero-order valence-corrected chi connectivity index (χ0v) is 12.2. The van der Waals surface area contributed by atoms with Crippen LogP contribution in [0.25, 0.3) is 0 Å². The van der Waals surface area contributed by atoms with Gasteiger partial charge in [0.2, 0.25) is 0 Å². The van der Waals surface area contributed by atoms with Gasteiger partial charge in [0.1, 0.15) is 0 Å². The van der Waals surface area contributed by atoms with Gasteiger partial charge in [-0.2, -0.15) is 0 Å². The SMILES string of the molecule is CC1CN(C(=O)N2CCC(CC(=O)O)CC2)CC(C)O1. The molecule has 2 amide bonds. The van der Waals surface area contributed by atoms with Crippen molar-refractivity contribution in [1.82, 2.24) is 9.80 Å². The normalized spacial score (nSPS) is 28.5. The number of likely N-dealkylation sites (tertiary alicyclic amines) is 1. The van der Waals surface area contributed by atoms with Gasteiger partial charge >= 0.3 is 12.0 Å². The first kappa shape index (κ1) is 15.1. The summed E-state index contributed by atoms with van der Waals surface area (Å²) in [5.74, 6) is -0.537. The molecule has 0 bridgehead atoms. The van der Waals surface area contributed by atoms with Gasteiger partial charge in [-0.3, -0.25) is 4.79 Å². The lowest BCUT2D eigenvalue weighted by atomic mass is 9.94. The highest BCUT2D eigenvalue weighted by atomic mass is 16.5. The Balaban J connectivity index is 1.83. The molecule has 1 N–H and O–H groups in total. The summed E-state index contributed by atoms with van der Waals surface area (Å²) in [6.07, 6.45) is 1.94. The Labute approximate surface area is 119 Å². The van der Waals surface area contributed by atoms with Crippen molar-refractivity contribution in [2.24, 2.45) is 5.92 Å². The van der Waals surface area contributed by atoms with E-state index >= 15 is 0 Å². The summed E-state index contributed by atoms with van der Waals surface area (Å²) in [5, 5.41) is 8.80. The van der Waals surface area contributed by atoms with Crippen LogP contribution in [0.15, 0.2) is 0 Å². The third-order valence-electron chi connectivity index (χ3n) is 4.04. The van der Waals surface area contributed by atoms with Gasteiger partial charge in [0, 0.05) is 32.6 Å². The highest BCUT2D eigenvalue weighted by Crippen LogP contribution is 2.22. The molecule has 2 aliphatic heterocycles. The van der Waals surface area contributed by atoms with Crippen molar-refractivity contribution in [3.8, 4) is 0 Å². The standard InChI is InChI=1S/C14H24N2O4/c1-10-8-16(9-11(2)20-10)14(19)15-5-3-12(4-6-15)7-13(17)18/h10-12H,3-9H2,1-2H3,(H,17,18). The monoisotopic (exact) mass is 284 g/mol. The maximum absolute atomic E-state index is 12.5. The van der Waals surface area contributed by atoms with Gasteiger partial charge in [-0.25, -0.2) is 4.79 Å².